The summed E-state index contributed by atoms with van der Waals surface area (Å²) in [5.74, 6) is -3.59. The predicted molar refractivity (Wildman–Crippen MR) is 84.7 cm³/mol. The lowest BCUT2D eigenvalue weighted by Gasteiger charge is -2.10. The number of esters is 2. The normalized spacial score (nSPS) is 9.68. The molecule has 0 amide bonds. The van der Waals surface area contributed by atoms with E-state index in [9.17, 15) is 19.2 Å². The van der Waals surface area contributed by atoms with Crippen molar-refractivity contribution in [3.8, 4) is 0 Å². The minimum atomic E-state index is -1.10. The van der Waals surface area contributed by atoms with Crippen molar-refractivity contribution in [2.24, 2.45) is 0 Å². The Balaban J connectivity index is 3.10. The number of methoxy groups -OCH3 is 1. The Morgan fingerprint density at radius 2 is 1.76 bits per heavy atom. The maximum absolute atomic E-state index is 12.2. The second-order valence-electron chi connectivity index (χ2n) is 4.72. The Kier molecular flexibility index (Phi) is 7.85. The van der Waals surface area contributed by atoms with Gasteiger partial charge in [0.2, 0.25) is 0 Å². The first kappa shape index (κ1) is 19.9. The lowest BCUT2D eigenvalue weighted by molar-refractivity contribution is -0.228. The zero-order valence-corrected chi connectivity index (χ0v) is 13.9. The smallest absolute Gasteiger partial charge is 0.387 e. The molecule has 8 nitrogen and oxygen atoms in total. The van der Waals surface area contributed by atoms with Crippen LogP contribution >= 0.6 is 0 Å². The standard InChI is InChI=1S/C17H18O8/c1-4-6-9-23-16(20)13-10-11(15(19)22-3)7-8-12(13)17(21)25-24-14(18)5-2/h5,7-8,10H,2,4,6,9H2,1,3H3. The number of rotatable bonds is 7. The van der Waals surface area contributed by atoms with E-state index in [-0.39, 0.29) is 23.3 Å². The van der Waals surface area contributed by atoms with Crippen LogP contribution in [0, 0.1) is 0 Å². The highest BCUT2D eigenvalue weighted by Gasteiger charge is 2.23. The van der Waals surface area contributed by atoms with Crippen molar-refractivity contribution in [3.05, 3.63) is 47.5 Å². The van der Waals surface area contributed by atoms with E-state index in [4.69, 9.17) is 4.74 Å². The van der Waals surface area contributed by atoms with Gasteiger partial charge in [0, 0.05) is 6.08 Å². The molecule has 0 atom stereocenters. The van der Waals surface area contributed by atoms with Crippen molar-refractivity contribution < 1.29 is 38.4 Å². The summed E-state index contributed by atoms with van der Waals surface area (Å²) in [6.45, 7) is 5.22. The summed E-state index contributed by atoms with van der Waals surface area (Å²) in [6.07, 6.45) is 2.24. The molecule has 0 bridgehead atoms. The van der Waals surface area contributed by atoms with Gasteiger partial charge < -0.3 is 9.47 Å². The Bertz CT molecular complexity index is 677. The van der Waals surface area contributed by atoms with E-state index < -0.39 is 23.9 Å². The largest absolute Gasteiger partial charge is 0.465 e. The molecule has 8 heteroatoms. The molecule has 1 rings (SSSR count). The van der Waals surface area contributed by atoms with Crippen molar-refractivity contribution in [1.82, 2.24) is 0 Å². The van der Waals surface area contributed by atoms with Crippen molar-refractivity contribution >= 4 is 23.9 Å². The Morgan fingerprint density at radius 1 is 1.04 bits per heavy atom. The predicted octanol–water partition coefficient (Wildman–Crippen LogP) is 2.23. The molecule has 0 aliphatic heterocycles. The quantitative estimate of drug-likeness (QED) is 0.242. The number of hydrogen-bond donors (Lipinski definition) is 0. The van der Waals surface area contributed by atoms with E-state index in [1.165, 1.54) is 19.2 Å². The first-order valence-electron chi connectivity index (χ1n) is 7.39. The third kappa shape index (κ3) is 5.76. The van der Waals surface area contributed by atoms with E-state index in [0.29, 0.717) is 6.42 Å². The van der Waals surface area contributed by atoms with Crippen LogP contribution in [0.25, 0.3) is 0 Å². The third-order valence-electron chi connectivity index (χ3n) is 2.98. The van der Waals surface area contributed by atoms with Crippen molar-refractivity contribution in [2.75, 3.05) is 13.7 Å². The number of hydrogen-bond acceptors (Lipinski definition) is 8. The van der Waals surface area contributed by atoms with Crippen molar-refractivity contribution in [3.63, 3.8) is 0 Å². The molecule has 134 valence electrons. The van der Waals surface area contributed by atoms with E-state index in [1.54, 1.807) is 0 Å². The third-order valence-corrected chi connectivity index (χ3v) is 2.98. The van der Waals surface area contributed by atoms with E-state index >= 15 is 0 Å². The minimum absolute atomic E-state index is 0.0459. The maximum Gasteiger partial charge on any atom is 0.387 e. The van der Waals surface area contributed by atoms with Crippen LogP contribution in [0.2, 0.25) is 0 Å². The summed E-state index contributed by atoms with van der Waals surface area (Å²) in [4.78, 5) is 55.3. The number of ether oxygens (including phenoxy) is 2. The van der Waals surface area contributed by atoms with Crippen LogP contribution in [0.5, 0.6) is 0 Å². The summed E-state index contributed by atoms with van der Waals surface area (Å²) in [5, 5.41) is 0. The first-order chi connectivity index (χ1) is 11.9. The van der Waals surface area contributed by atoms with E-state index in [1.807, 2.05) is 6.92 Å². The molecule has 0 aliphatic rings. The summed E-state index contributed by atoms with van der Waals surface area (Å²) >= 11 is 0. The van der Waals surface area contributed by atoms with Gasteiger partial charge >= 0.3 is 23.9 Å². The fourth-order valence-corrected chi connectivity index (χ4v) is 1.68. The molecule has 0 unspecified atom stereocenters. The van der Waals surface area contributed by atoms with Crippen LogP contribution < -0.4 is 0 Å². The van der Waals surface area contributed by atoms with E-state index in [2.05, 4.69) is 21.1 Å². The monoisotopic (exact) mass is 350 g/mol. The van der Waals surface area contributed by atoms with Gasteiger partial charge in [-0.1, -0.05) is 19.9 Å². The number of carbonyl (C=O) groups is 4. The topological polar surface area (TPSA) is 105 Å². The second-order valence-corrected chi connectivity index (χ2v) is 4.72. The van der Waals surface area contributed by atoms with Crippen LogP contribution in [0.4, 0.5) is 0 Å². The van der Waals surface area contributed by atoms with Gasteiger partial charge in [-0.3, -0.25) is 0 Å². The summed E-state index contributed by atoms with van der Waals surface area (Å²) < 4.78 is 9.63. The SMILES string of the molecule is C=CC(=O)OOC(=O)c1ccc(C(=O)OC)cc1C(=O)OCCCC. The molecule has 0 aromatic heterocycles. The Morgan fingerprint density at radius 3 is 2.36 bits per heavy atom. The summed E-state index contributed by atoms with van der Waals surface area (Å²) in [6, 6.07) is 3.58. The van der Waals surface area contributed by atoms with Crippen molar-refractivity contribution in [2.45, 2.75) is 19.8 Å². The fraction of sp³-hybridized carbons (Fsp3) is 0.294. The molecule has 0 N–H and O–H groups in total. The zero-order valence-electron chi connectivity index (χ0n) is 13.9. The molecule has 1 aromatic rings. The lowest BCUT2D eigenvalue weighted by atomic mass is 10.0. The van der Waals surface area contributed by atoms with Gasteiger partial charge in [0.15, 0.2) is 0 Å². The van der Waals surface area contributed by atoms with Crippen LogP contribution in [0.15, 0.2) is 30.9 Å². The molecule has 0 saturated carbocycles. The lowest BCUT2D eigenvalue weighted by Crippen LogP contribution is -2.17. The fourth-order valence-electron chi connectivity index (χ4n) is 1.68. The first-order valence-corrected chi connectivity index (χ1v) is 7.39. The molecule has 0 fully saturated rings. The van der Waals surface area contributed by atoms with Crippen LogP contribution in [0.3, 0.4) is 0 Å². The van der Waals surface area contributed by atoms with Gasteiger partial charge in [0.1, 0.15) is 0 Å². The Hall–Kier alpha value is -3.16. The molecular formula is C17H18O8. The van der Waals surface area contributed by atoms with Gasteiger partial charge in [-0.25, -0.2) is 29.0 Å². The highest BCUT2D eigenvalue weighted by Crippen LogP contribution is 2.16. The van der Waals surface area contributed by atoms with Gasteiger partial charge in [-0.15, -0.1) is 0 Å². The number of benzene rings is 1. The maximum atomic E-state index is 12.2. The van der Waals surface area contributed by atoms with Gasteiger partial charge in [0.25, 0.3) is 0 Å². The second kappa shape index (κ2) is 9.86. The number of unbranched alkanes of at least 4 members (excludes halogenated alkanes) is 1. The van der Waals surface area contributed by atoms with Crippen LogP contribution in [-0.2, 0) is 24.0 Å². The molecule has 0 spiro atoms. The van der Waals surface area contributed by atoms with Crippen LogP contribution in [-0.4, -0.2) is 37.6 Å². The molecule has 0 aliphatic carbocycles. The number of carbonyl (C=O) groups excluding carboxylic acids is 4. The minimum Gasteiger partial charge on any atom is -0.465 e. The molecule has 1 aromatic carbocycles. The molecular weight excluding hydrogens is 332 g/mol. The Labute approximate surface area is 144 Å². The molecule has 0 saturated heterocycles. The van der Waals surface area contributed by atoms with Crippen LogP contribution in [0.1, 0.15) is 50.8 Å². The zero-order chi connectivity index (χ0) is 18.8. The van der Waals surface area contributed by atoms with Crippen molar-refractivity contribution in [1.29, 1.82) is 0 Å². The van der Waals surface area contributed by atoms with Gasteiger partial charge in [-0.2, -0.15) is 0 Å². The average molecular weight is 350 g/mol. The summed E-state index contributed by atoms with van der Waals surface area (Å²) in [5.41, 5.74) is -0.394. The molecule has 0 radical (unpaired) electrons. The summed E-state index contributed by atoms with van der Waals surface area (Å²) in [7, 11) is 1.18. The molecule has 25 heavy (non-hydrogen) atoms. The highest BCUT2D eigenvalue weighted by atomic mass is 17.2. The van der Waals surface area contributed by atoms with Gasteiger partial charge in [-0.05, 0) is 24.6 Å². The van der Waals surface area contributed by atoms with Gasteiger partial charge in [0.05, 0.1) is 30.4 Å². The molecule has 0 heterocycles. The average Bonchev–Trinajstić information content (AvgIpc) is 2.64. The van der Waals surface area contributed by atoms with E-state index in [0.717, 1.165) is 18.6 Å². The highest BCUT2D eigenvalue weighted by molar-refractivity contribution is 6.05.